The van der Waals surface area contributed by atoms with Gasteiger partial charge in [0.2, 0.25) is 11.3 Å². The number of hydrogen-bond acceptors (Lipinski definition) is 4. The molecule has 0 unspecified atom stereocenters. The molecule has 0 aliphatic carbocycles. The van der Waals surface area contributed by atoms with Gasteiger partial charge in [-0.25, -0.2) is 9.18 Å². The number of aromatic carboxylic acids is 1. The van der Waals surface area contributed by atoms with Crippen LogP contribution in [0.4, 0.5) is 10.1 Å². The third-order valence-corrected chi connectivity index (χ3v) is 3.55. The number of hydrogen-bond donors (Lipinski definition) is 3. The normalized spacial score (nSPS) is 10.6. The van der Waals surface area contributed by atoms with E-state index in [-0.39, 0.29) is 17.0 Å². The number of carboxylic acid groups (broad SMARTS) is 1. The number of aryl methyl sites for hydroxylation is 1. The van der Waals surface area contributed by atoms with Gasteiger partial charge in [0.05, 0.1) is 11.2 Å². The minimum atomic E-state index is -1.35. The highest BCUT2D eigenvalue weighted by Gasteiger charge is 2.16. The van der Waals surface area contributed by atoms with E-state index in [1.807, 2.05) is 0 Å². The van der Waals surface area contributed by atoms with E-state index in [4.69, 9.17) is 5.11 Å². The second-order valence-electron chi connectivity index (χ2n) is 5.22. The van der Waals surface area contributed by atoms with Crippen LogP contribution in [0.5, 0.6) is 0 Å². The maximum atomic E-state index is 14.2. The summed E-state index contributed by atoms with van der Waals surface area (Å²) in [4.78, 5) is 34.2. The van der Waals surface area contributed by atoms with E-state index in [0.29, 0.717) is 25.2 Å². The Balaban J connectivity index is 2.45. The number of pyridine rings is 1. The summed E-state index contributed by atoms with van der Waals surface area (Å²) in [6, 6.07) is 2.51. The number of carbonyl (C=O) groups is 2. The van der Waals surface area contributed by atoms with Gasteiger partial charge in [-0.05, 0) is 19.1 Å². The van der Waals surface area contributed by atoms with Crippen LogP contribution in [0.15, 0.2) is 23.1 Å². The van der Waals surface area contributed by atoms with Gasteiger partial charge in [-0.2, -0.15) is 0 Å². The molecule has 128 valence electrons. The predicted octanol–water partition coefficient (Wildman–Crippen LogP) is 1.41. The lowest BCUT2D eigenvalue weighted by atomic mass is 10.1. The minimum absolute atomic E-state index is 0.0154. The molecule has 3 N–H and O–H groups in total. The number of carbonyl (C=O) groups excluding carboxylic acids is 1. The average molecular weight is 335 g/mol. The third kappa shape index (κ3) is 3.53. The molecule has 0 radical (unpaired) electrons. The van der Waals surface area contributed by atoms with Crippen molar-refractivity contribution in [2.75, 3.05) is 18.4 Å². The van der Waals surface area contributed by atoms with E-state index in [0.717, 1.165) is 6.07 Å². The van der Waals surface area contributed by atoms with E-state index in [9.17, 15) is 18.8 Å². The van der Waals surface area contributed by atoms with E-state index in [1.165, 1.54) is 19.2 Å². The molecule has 0 saturated carbocycles. The van der Waals surface area contributed by atoms with Crippen LogP contribution in [0.2, 0.25) is 0 Å². The molecule has 0 aliphatic heterocycles. The summed E-state index contributed by atoms with van der Waals surface area (Å²) in [6.07, 6.45) is 1.26. The van der Waals surface area contributed by atoms with Crippen molar-refractivity contribution < 1.29 is 19.1 Å². The van der Waals surface area contributed by atoms with Gasteiger partial charge in [0, 0.05) is 38.1 Å². The fourth-order valence-corrected chi connectivity index (χ4v) is 2.40. The first-order valence-electron chi connectivity index (χ1n) is 7.43. The molecule has 2 rings (SSSR count). The number of amides is 1. The predicted molar refractivity (Wildman–Crippen MR) is 88.0 cm³/mol. The van der Waals surface area contributed by atoms with E-state index < -0.39 is 22.8 Å². The Kier molecular flexibility index (Phi) is 5.18. The van der Waals surface area contributed by atoms with Crippen molar-refractivity contribution in [3.63, 3.8) is 0 Å². The Labute approximate surface area is 137 Å². The van der Waals surface area contributed by atoms with Gasteiger partial charge in [0.1, 0.15) is 11.4 Å². The number of nitrogens with zero attached hydrogens (tertiary/aromatic N) is 1. The van der Waals surface area contributed by atoms with Crippen LogP contribution >= 0.6 is 0 Å². The molecule has 0 bridgehead atoms. The van der Waals surface area contributed by atoms with Gasteiger partial charge < -0.3 is 20.3 Å². The molecule has 2 aromatic rings. The first kappa shape index (κ1) is 17.5. The Morgan fingerprint density at radius 1 is 1.29 bits per heavy atom. The number of fused-ring (bicyclic) bond motifs is 1. The van der Waals surface area contributed by atoms with Gasteiger partial charge in [-0.15, -0.1) is 0 Å². The molecule has 0 spiro atoms. The molecule has 0 fully saturated rings. The molecular weight excluding hydrogens is 317 g/mol. The molecule has 1 heterocycles. The molecule has 7 nitrogen and oxygen atoms in total. The number of rotatable bonds is 6. The third-order valence-electron chi connectivity index (χ3n) is 3.55. The summed E-state index contributed by atoms with van der Waals surface area (Å²) in [7, 11) is 0. The molecule has 0 atom stereocenters. The van der Waals surface area contributed by atoms with Crippen molar-refractivity contribution in [1.29, 1.82) is 0 Å². The summed E-state index contributed by atoms with van der Waals surface area (Å²) < 4.78 is 15.8. The number of nitrogens with one attached hydrogen (secondary N) is 2. The zero-order valence-electron chi connectivity index (χ0n) is 13.4. The second kappa shape index (κ2) is 7.12. The van der Waals surface area contributed by atoms with Crippen molar-refractivity contribution in [2.45, 2.75) is 20.4 Å². The number of anilines is 1. The largest absolute Gasteiger partial charge is 0.477 e. The lowest BCUT2D eigenvalue weighted by molar-refractivity contribution is -0.118. The van der Waals surface area contributed by atoms with Crippen LogP contribution < -0.4 is 16.1 Å². The summed E-state index contributed by atoms with van der Waals surface area (Å²) >= 11 is 0. The molecular formula is C16H18FN3O4. The van der Waals surface area contributed by atoms with Crippen molar-refractivity contribution in [2.24, 2.45) is 0 Å². The topological polar surface area (TPSA) is 100 Å². The van der Waals surface area contributed by atoms with E-state index in [2.05, 4.69) is 10.6 Å². The van der Waals surface area contributed by atoms with E-state index >= 15 is 0 Å². The Morgan fingerprint density at radius 3 is 2.58 bits per heavy atom. The first-order chi connectivity index (χ1) is 11.3. The fraction of sp³-hybridized carbons (Fsp3) is 0.312. The molecule has 0 saturated heterocycles. The number of halogens is 1. The SMILES string of the molecule is CCn1cc(C(=O)O)c(=O)c2cc(F)c(NCCNC(C)=O)cc21. The van der Waals surface area contributed by atoms with Gasteiger partial charge >= 0.3 is 5.97 Å². The Morgan fingerprint density at radius 2 is 2.00 bits per heavy atom. The highest BCUT2D eigenvalue weighted by Crippen LogP contribution is 2.21. The standard InChI is InChI=1S/C16H18FN3O4/c1-3-20-8-11(16(23)24)15(22)10-6-12(17)13(7-14(10)20)19-5-4-18-9(2)21/h6-8,19H,3-5H2,1-2H3,(H,18,21)(H,23,24). The average Bonchev–Trinajstić information content (AvgIpc) is 2.52. The number of aromatic nitrogens is 1. The molecule has 1 amide bonds. The maximum absolute atomic E-state index is 14.2. The highest BCUT2D eigenvalue weighted by atomic mass is 19.1. The quantitative estimate of drug-likeness (QED) is 0.693. The van der Waals surface area contributed by atoms with Crippen LogP contribution in [0.3, 0.4) is 0 Å². The van der Waals surface area contributed by atoms with Gasteiger partial charge in [-0.3, -0.25) is 9.59 Å². The smallest absolute Gasteiger partial charge is 0.341 e. The monoisotopic (exact) mass is 335 g/mol. The van der Waals surface area contributed by atoms with Gasteiger partial charge in [-0.1, -0.05) is 0 Å². The van der Waals surface area contributed by atoms with Crippen LogP contribution in [0, 0.1) is 5.82 Å². The second-order valence-corrected chi connectivity index (χ2v) is 5.22. The number of benzene rings is 1. The number of carboxylic acids is 1. The zero-order valence-corrected chi connectivity index (χ0v) is 13.4. The molecule has 1 aromatic carbocycles. The van der Waals surface area contributed by atoms with E-state index in [1.54, 1.807) is 11.5 Å². The zero-order chi connectivity index (χ0) is 17.9. The summed E-state index contributed by atoms with van der Waals surface area (Å²) in [5, 5.41) is 14.5. The summed E-state index contributed by atoms with van der Waals surface area (Å²) in [5.74, 6) is -2.19. The van der Waals surface area contributed by atoms with Crippen LogP contribution in [-0.4, -0.2) is 34.6 Å². The molecule has 8 heteroatoms. The maximum Gasteiger partial charge on any atom is 0.341 e. The lowest BCUT2D eigenvalue weighted by Gasteiger charge is -2.13. The fourth-order valence-electron chi connectivity index (χ4n) is 2.40. The molecule has 0 aliphatic rings. The first-order valence-corrected chi connectivity index (χ1v) is 7.43. The summed E-state index contributed by atoms with van der Waals surface area (Å²) in [5.41, 5.74) is -0.491. The van der Waals surface area contributed by atoms with Crippen LogP contribution in [0.25, 0.3) is 10.9 Å². The Hall–Kier alpha value is -2.90. The van der Waals surface area contributed by atoms with Crippen molar-refractivity contribution in [1.82, 2.24) is 9.88 Å². The van der Waals surface area contributed by atoms with Crippen molar-refractivity contribution in [3.05, 3.63) is 39.9 Å². The summed E-state index contributed by atoms with van der Waals surface area (Å²) in [6.45, 7) is 4.24. The Bertz CT molecular complexity index is 861. The van der Waals surface area contributed by atoms with Gasteiger partial charge in [0.15, 0.2) is 0 Å². The van der Waals surface area contributed by atoms with Crippen LogP contribution in [0.1, 0.15) is 24.2 Å². The lowest BCUT2D eigenvalue weighted by Crippen LogP contribution is -2.26. The van der Waals surface area contributed by atoms with Crippen molar-refractivity contribution >= 4 is 28.5 Å². The minimum Gasteiger partial charge on any atom is -0.477 e. The molecule has 1 aromatic heterocycles. The van der Waals surface area contributed by atoms with Crippen molar-refractivity contribution in [3.8, 4) is 0 Å². The van der Waals surface area contributed by atoms with Gasteiger partial charge in [0.25, 0.3) is 0 Å². The van der Waals surface area contributed by atoms with Crippen LogP contribution in [-0.2, 0) is 11.3 Å². The molecule has 24 heavy (non-hydrogen) atoms. The highest BCUT2D eigenvalue weighted by molar-refractivity contribution is 5.93.